The molecule has 3 atom stereocenters. The Kier molecular flexibility index (Phi) is 10.9. The van der Waals surface area contributed by atoms with Crippen LogP contribution in [0.3, 0.4) is 0 Å². The number of imide groups is 1. The summed E-state index contributed by atoms with van der Waals surface area (Å²) in [6.45, 7) is 9.61. The number of hydrogen-bond acceptors (Lipinski definition) is 6. The molecule has 1 aliphatic rings. The number of amides is 4. The van der Waals surface area contributed by atoms with E-state index in [-0.39, 0.29) is 49.1 Å². The van der Waals surface area contributed by atoms with Crippen LogP contribution in [0.25, 0.3) is 0 Å². The van der Waals surface area contributed by atoms with Crippen LogP contribution in [0.15, 0.2) is 24.3 Å². The van der Waals surface area contributed by atoms with E-state index in [2.05, 4.69) is 10.6 Å². The van der Waals surface area contributed by atoms with E-state index in [0.29, 0.717) is 24.0 Å². The Labute approximate surface area is 214 Å². The highest BCUT2D eigenvalue weighted by molar-refractivity contribution is 7.59. The number of rotatable bonds is 13. The zero-order valence-corrected chi connectivity index (χ0v) is 23.1. The van der Waals surface area contributed by atoms with Gasteiger partial charge in [0.1, 0.15) is 12.3 Å². The van der Waals surface area contributed by atoms with Crippen LogP contribution < -0.4 is 10.6 Å². The first-order valence-electron chi connectivity index (χ1n) is 12.6. The fraction of sp³-hybridized carbons (Fsp3) is 0.615. The van der Waals surface area contributed by atoms with Gasteiger partial charge in [0.15, 0.2) is 0 Å². The third-order valence-electron chi connectivity index (χ3n) is 6.07. The summed E-state index contributed by atoms with van der Waals surface area (Å²) in [5.74, 6) is -2.09. The molecule has 200 valence electrons. The van der Waals surface area contributed by atoms with Gasteiger partial charge in [-0.2, -0.15) is 0 Å². The minimum Gasteiger partial charge on any atom is -0.357 e. The summed E-state index contributed by atoms with van der Waals surface area (Å²) in [4.78, 5) is 52.6. The standard InChI is InChI=1S/C26H40N3O6P/c1-7-35-36(34,16-29-23(30)14-19-10-8-9-11-21(19)26(29)33)15-20(12-17(2)3)24(31)28-22(13-18(4)5)25(32)27-6/h8-11,17-18,20,22H,7,12-16H2,1-6H3,(H,27,32)(H,28,31)/t20-,22+,36?/m1/s1. The van der Waals surface area contributed by atoms with E-state index in [9.17, 15) is 23.7 Å². The molecule has 1 aromatic rings. The molecule has 0 saturated heterocycles. The third-order valence-corrected chi connectivity index (χ3v) is 8.51. The van der Waals surface area contributed by atoms with Crippen LogP contribution in [0.2, 0.25) is 0 Å². The zero-order valence-electron chi connectivity index (χ0n) is 22.2. The zero-order chi connectivity index (χ0) is 27.0. The fourth-order valence-electron chi connectivity index (χ4n) is 4.48. The number of benzene rings is 1. The number of likely N-dealkylation sites (N-methyl/N-ethyl adjacent to an activating group) is 1. The molecule has 1 aromatic carbocycles. The molecule has 0 aliphatic carbocycles. The summed E-state index contributed by atoms with van der Waals surface area (Å²) in [6.07, 6.45) is 0.382. The molecule has 0 radical (unpaired) electrons. The van der Waals surface area contributed by atoms with Crippen LogP contribution in [0.1, 0.15) is 63.4 Å². The highest BCUT2D eigenvalue weighted by Crippen LogP contribution is 2.50. The first-order chi connectivity index (χ1) is 16.9. The van der Waals surface area contributed by atoms with Crippen molar-refractivity contribution in [1.82, 2.24) is 15.5 Å². The molecule has 0 spiro atoms. The van der Waals surface area contributed by atoms with E-state index in [1.54, 1.807) is 31.2 Å². The largest absolute Gasteiger partial charge is 0.357 e. The maximum absolute atomic E-state index is 14.0. The smallest absolute Gasteiger partial charge is 0.261 e. The average Bonchev–Trinajstić information content (AvgIpc) is 2.80. The summed E-state index contributed by atoms with van der Waals surface area (Å²) < 4.78 is 19.7. The van der Waals surface area contributed by atoms with Crippen molar-refractivity contribution in [1.29, 1.82) is 0 Å². The van der Waals surface area contributed by atoms with Gasteiger partial charge in [0.2, 0.25) is 25.1 Å². The van der Waals surface area contributed by atoms with Crippen molar-refractivity contribution in [2.75, 3.05) is 26.1 Å². The van der Waals surface area contributed by atoms with Gasteiger partial charge in [0, 0.05) is 24.7 Å². The number of nitrogens with zero attached hydrogens (tertiary/aromatic N) is 1. The van der Waals surface area contributed by atoms with Crippen molar-refractivity contribution in [3.63, 3.8) is 0 Å². The van der Waals surface area contributed by atoms with E-state index < -0.39 is 31.1 Å². The molecular weight excluding hydrogens is 481 g/mol. The number of hydrogen-bond donors (Lipinski definition) is 2. The van der Waals surface area contributed by atoms with Crippen LogP contribution in [-0.4, -0.2) is 60.7 Å². The molecule has 1 unspecified atom stereocenters. The Bertz CT molecular complexity index is 1010. The molecule has 36 heavy (non-hydrogen) atoms. The quantitative estimate of drug-likeness (QED) is 0.303. The lowest BCUT2D eigenvalue weighted by Gasteiger charge is -2.32. The van der Waals surface area contributed by atoms with Gasteiger partial charge in [0.05, 0.1) is 13.0 Å². The number of fused-ring (bicyclic) bond motifs is 1. The molecule has 4 amide bonds. The number of nitrogens with one attached hydrogen (secondary N) is 2. The minimum absolute atomic E-state index is 0.0347. The maximum atomic E-state index is 14.0. The lowest BCUT2D eigenvalue weighted by atomic mass is 9.96. The fourth-order valence-corrected chi connectivity index (χ4v) is 6.96. The third kappa shape index (κ3) is 8.00. The van der Waals surface area contributed by atoms with Gasteiger partial charge in [-0.05, 0) is 43.2 Å². The molecular formula is C26H40N3O6P. The summed E-state index contributed by atoms with van der Waals surface area (Å²) in [6, 6.07) is 6.14. The summed E-state index contributed by atoms with van der Waals surface area (Å²) in [5, 5.41) is 5.41. The Morgan fingerprint density at radius 1 is 1.06 bits per heavy atom. The van der Waals surface area contributed by atoms with Crippen molar-refractivity contribution in [3.8, 4) is 0 Å². The van der Waals surface area contributed by atoms with Crippen LogP contribution in [0.4, 0.5) is 0 Å². The monoisotopic (exact) mass is 521 g/mol. The molecule has 2 rings (SSSR count). The molecule has 10 heteroatoms. The van der Waals surface area contributed by atoms with Gasteiger partial charge in [-0.1, -0.05) is 45.9 Å². The SMILES string of the molecule is CCOP(=O)(C[C@@H](CC(C)C)C(=O)N[C@@H](CC(C)C)C(=O)NC)CN1C(=O)Cc2ccccc2C1=O. The normalized spacial score (nSPS) is 16.9. The molecule has 0 aromatic heterocycles. The van der Waals surface area contributed by atoms with Gasteiger partial charge >= 0.3 is 0 Å². The topological polar surface area (TPSA) is 122 Å². The average molecular weight is 522 g/mol. The number of carbonyl (C=O) groups is 4. The summed E-state index contributed by atoms with van der Waals surface area (Å²) >= 11 is 0. The van der Waals surface area contributed by atoms with Crippen molar-refractivity contribution >= 4 is 31.0 Å². The number of carbonyl (C=O) groups excluding carboxylic acids is 4. The van der Waals surface area contributed by atoms with E-state index in [1.807, 2.05) is 27.7 Å². The Morgan fingerprint density at radius 3 is 2.28 bits per heavy atom. The van der Waals surface area contributed by atoms with Gasteiger partial charge in [-0.25, -0.2) is 0 Å². The van der Waals surface area contributed by atoms with E-state index in [4.69, 9.17) is 4.52 Å². The molecule has 9 nitrogen and oxygen atoms in total. The lowest BCUT2D eigenvalue weighted by Crippen LogP contribution is -2.49. The molecule has 0 saturated carbocycles. The van der Waals surface area contributed by atoms with E-state index >= 15 is 0 Å². The molecule has 2 N–H and O–H groups in total. The second kappa shape index (κ2) is 13.2. The second-order valence-corrected chi connectivity index (χ2v) is 12.7. The molecule has 1 heterocycles. The first kappa shape index (κ1) is 29.7. The van der Waals surface area contributed by atoms with Gasteiger partial charge < -0.3 is 15.2 Å². The molecule has 1 aliphatic heterocycles. The predicted octanol–water partition coefficient (Wildman–Crippen LogP) is 3.42. The van der Waals surface area contributed by atoms with Gasteiger partial charge in [-0.3, -0.25) is 28.6 Å². The Hall–Kier alpha value is -2.51. The minimum atomic E-state index is -3.62. The van der Waals surface area contributed by atoms with Crippen LogP contribution in [0.5, 0.6) is 0 Å². The van der Waals surface area contributed by atoms with Crippen LogP contribution in [-0.2, 0) is 29.9 Å². The Balaban J connectivity index is 2.29. The summed E-state index contributed by atoms with van der Waals surface area (Å²) in [7, 11) is -2.10. The van der Waals surface area contributed by atoms with E-state index in [1.165, 1.54) is 7.05 Å². The summed E-state index contributed by atoms with van der Waals surface area (Å²) in [5.41, 5.74) is 1.04. The van der Waals surface area contributed by atoms with Crippen molar-refractivity contribution in [2.24, 2.45) is 17.8 Å². The lowest BCUT2D eigenvalue weighted by molar-refractivity contribution is -0.131. The highest BCUT2D eigenvalue weighted by atomic mass is 31.2. The Morgan fingerprint density at radius 2 is 1.69 bits per heavy atom. The van der Waals surface area contributed by atoms with Crippen molar-refractivity contribution < 1.29 is 28.3 Å². The van der Waals surface area contributed by atoms with Crippen molar-refractivity contribution in [2.45, 2.75) is 59.9 Å². The second-order valence-electron chi connectivity index (χ2n) is 10.1. The molecule has 0 fully saturated rings. The van der Waals surface area contributed by atoms with Gasteiger partial charge in [0.25, 0.3) is 5.91 Å². The van der Waals surface area contributed by atoms with E-state index in [0.717, 1.165) is 4.90 Å². The van der Waals surface area contributed by atoms with Crippen LogP contribution in [0, 0.1) is 17.8 Å². The molecule has 0 bridgehead atoms. The highest BCUT2D eigenvalue weighted by Gasteiger charge is 2.40. The van der Waals surface area contributed by atoms with Gasteiger partial charge in [-0.15, -0.1) is 0 Å². The predicted molar refractivity (Wildman–Crippen MR) is 139 cm³/mol. The first-order valence-corrected chi connectivity index (χ1v) is 14.6. The van der Waals surface area contributed by atoms with Crippen LogP contribution >= 0.6 is 7.37 Å². The maximum Gasteiger partial charge on any atom is 0.261 e. The van der Waals surface area contributed by atoms with Crippen molar-refractivity contribution in [3.05, 3.63) is 35.4 Å².